The molecule has 0 saturated heterocycles. The normalized spacial score (nSPS) is 20.9. The lowest BCUT2D eigenvalue weighted by Gasteiger charge is -2.14. The number of halogens is 1. The number of furan rings is 1. The van der Waals surface area contributed by atoms with Gasteiger partial charge in [0.2, 0.25) is 15.8 Å². The van der Waals surface area contributed by atoms with Crippen LogP contribution in [0.4, 0.5) is 0 Å². The molecule has 1 aromatic heterocycles. The van der Waals surface area contributed by atoms with Gasteiger partial charge in [0, 0.05) is 12.6 Å². The topological polar surface area (TPSA) is 96.6 Å². The van der Waals surface area contributed by atoms with Crippen molar-refractivity contribution in [3.8, 4) is 0 Å². The molecular weight excluding hydrogens is 350 g/mol. The maximum atomic E-state index is 12.2. The summed E-state index contributed by atoms with van der Waals surface area (Å²) in [6, 6.07) is 1.02. The Hall–Kier alpha value is -0.860. The molecule has 2 N–H and O–H groups in total. The van der Waals surface area contributed by atoms with Gasteiger partial charge >= 0.3 is 5.97 Å². The second-order valence-corrected chi connectivity index (χ2v) is 7.97. The van der Waals surface area contributed by atoms with Gasteiger partial charge in [0.25, 0.3) is 0 Å². The molecule has 3 rings (SSSR count). The van der Waals surface area contributed by atoms with E-state index in [1.807, 2.05) is 0 Å². The summed E-state index contributed by atoms with van der Waals surface area (Å²) < 4.78 is 31.8. The lowest BCUT2D eigenvalue weighted by molar-refractivity contribution is 0.0661. The van der Waals surface area contributed by atoms with Crippen molar-refractivity contribution in [2.45, 2.75) is 30.6 Å². The number of rotatable bonds is 6. The molecule has 20 heavy (non-hydrogen) atoms. The van der Waals surface area contributed by atoms with Crippen LogP contribution < -0.4 is 4.72 Å². The second kappa shape index (κ2) is 4.57. The number of carboxylic acids is 1. The zero-order valence-corrected chi connectivity index (χ0v) is 13.0. The van der Waals surface area contributed by atoms with Crippen molar-refractivity contribution in [2.24, 2.45) is 11.3 Å². The molecule has 0 bridgehead atoms. The van der Waals surface area contributed by atoms with Crippen LogP contribution in [0, 0.1) is 11.3 Å². The molecule has 1 heterocycles. The van der Waals surface area contributed by atoms with Gasteiger partial charge in [-0.1, -0.05) is 0 Å². The van der Waals surface area contributed by atoms with Crippen molar-refractivity contribution in [2.75, 3.05) is 6.54 Å². The summed E-state index contributed by atoms with van der Waals surface area (Å²) in [4.78, 5) is 10.6. The number of hydrogen-bond acceptors (Lipinski definition) is 4. The molecule has 0 unspecified atom stereocenters. The maximum Gasteiger partial charge on any atom is 0.371 e. The monoisotopic (exact) mass is 363 g/mol. The zero-order valence-electron chi connectivity index (χ0n) is 10.6. The number of hydrogen-bond donors (Lipinski definition) is 2. The highest BCUT2D eigenvalue weighted by atomic mass is 79.9. The van der Waals surface area contributed by atoms with Crippen molar-refractivity contribution in [3.63, 3.8) is 0 Å². The molecule has 0 spiro atoms. The van der Waals surface area contributed by atoms with Crippen LogP contribution in [0.1, 0.15) is 36.2 Å². The van der Waals surface area contributed by atoms with Gasteiger partial charge in [0.1, 0.15) is 4.90 Å². The molecule has 2 saturated carbocycles. The fourth-order valence-corrected chi connectivity index (χ4v) is 4.62. The number of aromatic carboxylic acids is 1. The number of sulfonamides is 1. The first-order valence-corrected chi connectivity index (χ1v) is 8.64. The molecule has 0 aromatic carbocycles. The van der Waals surface area contributed by atoms with E-state index in [1.165, 1.54) is 12.8 Å². The van der Waals surface area contributed by atoms with Crippen LogP contribution in [0.15, 0.2) is 20.0 Å². The van der Waals surface area contributed by atoms with Crippen LogP contribution in [-0.4, -0.2) is 26.0 Å². The maximum absolute atomic E-state index is 12.2. The van der Waals surface area contributed by atoms with Crippen LogP contribution in [0.3, 0.4) is 0 Å². The average Bonchev–Trinajstić information content (AvgIpc) is 3.24. The largest absolute Gasteiger partial charge is 0.475 e. The number of nitrogens with one attached hydrogen (secondary N) is 1. The summed E-state index contributed by atoms with van der Waals surface area (Å²) in [5.41, 5.74) is 0.138. The van der Waals surface area contributed by atoms with Gasteiger partial charge in [-0.25, -0.2) is 17.9 Å². The zero-order chi connectivity index (χ0) is 14.5. The van der Waals surface area contributed by atoms with E-state index in [2.05, 4.69) is 20.7 Å². The summed E-state index contributed by atoms with van der Waals surface area (Å²) >= 11 is 2.95. The molecule has 0 aliphatic heterocycles. The molecule has 2 fully saturated rings. The van der Waals surface area contributed by atoms with Crippen LogP contribution >= 0.6 is 15.9 Å². The third-order valence-corrected chi connectivity index (χ3v) is 6.36. The van der Waals surface area contributed by atoms with Crippen LogP contribution in [0.25, 0.3) is 0 Å². The Balaban J connectivity index is 1.76. The van der Waals surface area contributed by atoms with E-state index in [0.717, 1.165) is 18.9 Å². The first-order valence-electron chi connectivity index (χ1n) is 6.36. The first-order chi connectivity index (χ1) is 9.34. The Morgan fingerprint density at radius 2 is 2.15 bits per heavy atom. The Morgan fingerprint density at radius 1 is 1.50 bits per heavy atom. The van der Waals surface area contributed by atoms with Crippen molar-refractivity contribution in [1.29, 1.82) is 0 Å². The predicted molar refractivity (Wildman–Crippen MR) is 72.9 cm³/mol. The molecule has 0 radical (unpaired) electrons. The van der Waals surface area contributed by atoms with Gasteiger partial charge in [-0.15, -0.1) is 0 Å². The highest BCUT2D eigenvalue weighted by Crippen LogP contribution is 2.60. The Morgan fingerprint density at radius 3 is 2.60 bits per heavy atom. The molecule has 0 atom stereocenters. The number of carbonyl (C=O) groups is 1. The molecular formula is C12H14BrNO5S. The van der Waals surface area contributed by atoms with E-state index >= 15 is 0 Å². The molecule has 1 aromatic rings. The van der Waals surface area contributed by atoms with Gasteiger partial charge in [0.05, 0.1) is 0 Å². The number of carboxylic acid groups (broad SMARTS) is 1. The van der Waals surface area contributed by atoms with E-state index < -0.39 is 21.8 Å². The van der Waals surface area contributed by atoms with E-state index in [-0.39, 0.29) is 15.0 Å². The minimum atomic E-state index is -3.76. The first kappa shape index (κ1) is 14.1. The van der Waals surface area contributed by atoms with Gasteiger partial charge in [0.15, 0.2) is 4.67 Å². The molecule has 110 valence electrons. The van der Waals surface area contributed by atoms with E-state index in [9.17, 15) is 13.2 Å². The van der Waals surface area contributed by atoms with E-state index in [4.69, 9.17) is 9.52 Å². The van der Waals surface area contributed by atoms with E-state index in [0.29, 0.717) is 12.5 Å². The quantitative estimate of drug-likeness (QED) is 0.807. The Bertz CT molecular complexity index is 657. The highest BCUT2D eigenvalue weighted by molar-refractivity contribution is 9.10. The SMILES string of the molecule is O=C(O)c1cc(S(=O)(=O)NCC2(C3CC3)CC2)c(Br)o1. The van der Waals surface area contributed by atoms with Crippen LogP contribution in [0.2, 0.25) is 0 Å². The summed E-state index contributed by atoms with van der Waals surface area (Å²) in [7, 11) is -3.76. The third kappa shape index (κ3) is 2.51. The highest BCUT2D eigenvalue weighted by Gasteiger charge is 2.53. The second-order valence-electron chi connectivity index (χ2n) is 5.51. The van der Waals surface area contributed by atoms with Gasteiger partial charge in [-0.3, -0.25) is 0 Å². The molecule has 2 aliphatic carbocycles. The van der Waals surface area contributed by atoms with Gasteiger partial charge < -0.3 is 9.52 Å². The smallest absolute Gasteiger partial charge is 0.371 e. The summed E-state index contributed by atoms with van der Waals surface area (Å²) in [6.45, 7) is 0.417. The fourth-order valence-electron chi connectivity index (χ4n) is 2.54. The molecule has 6 nitrogen and oxygen atoms in total. The minimum absolute atomic E-state index is 0.0846. The van der Waals surface area contributed by atoms with Crippen LogP contribution in [0.5, 0.6) is 0 Å². The average molecular weight is 364 g/mol. The minimum Gasteiger partial charge on any atom is -0.475 e. The summed E-state index contributed by atoms with van der Waals surface area (Å²) in [5.74, 6) is -1.06. The van der Waals surface area contributed by atoms with Crippen molar-refractivity contribution in [3.05, 3.63) is 16.5 Å². The fraction of sp³-hybridized carbons (Fsp3) is 0.583. The van der Waals surface area contributed by atoms with Crippen molar-refractivity contribution in [1.82, 2.24) is 4.72 Å². The lowest BCUT2D eigenvalue weighted by atomic mass is 10.0. The standard InChI is InChI=1S/C12H14BrNO5S/c13-10-9(5-8(19-10)11(15)16)20(17,18)14-6-12(3-4-12)7-1-2-7/h5,7,14H,1-4,6H2,(H,15,16). The Labute approximate surface area is 124 Å². The van der Waals surface area contributed by atoms with Gasteiger partial charge in [-0.05, 0) is 52.9 Å². The predicted octanol–water partition coefficient (Wildman–Crippen LogP) is 2.21. The van der Waals surface area contributed by atoms with Gasteiger partial charge in [-0.2, -0.15) is 0 Å². The van der Waals surface area contributed by atoms with Crippen LogP contribution in [-0.2, 0) is 10.0 Å². The molecule has 0 amide bonds. The lowest BCUT2D eigenvalue weighted by Crippen LogP contribution is -2.31. The summed E-state index contributed by atoms with van der Waals surface area (Å²) in [6.07, 6.45) is 4.49. The van der Waals surface area contributed by atoms with E-state index in [1.54, 1.807) is 0 Å². The Kier molecular flexibility index (Phi) is 3.22. The molecule has 2 aliphatic rings. The van der Waals surface area contributed by atoms with Crippen molar-refractivity contribution >= 4 is 31.9 Å². The van der Waals surface area contributed by atoms with Crippen molar-refractivity contribution < 1.29 is 22.7 Å². The summed E-state index contributed by atoms with van der Waals surface area (Å²) in [5, 5.41) is 8.81. The molecule has 8 heteroatoms. The third-order valence-electron chi connectivity index (χ3n) is 4.11.